The molecule has 0 spiro atoms. The summed E-state index contributed by atoms with van der Waals surface area (Å²) in [4.78, 5) is 0. The standard InChI is InChI=1S/C8H11NO.C4H10/c1-2-6(5-9)8(10)7-3-4-7;1-3-4-2/h2,5,9-10H,3-4H2,1H3;3-4H2,1-2H3/b6-2+,9-5?;. The molecule has 0 aromatic rings. The fraction of sp³-hybridized carbons (Fsp3) is 0.583. The lowest BCUT2D eigenvalue weighted by Gasteiger charge is -1.95. The van der Waals surface area contributed by atoms with E-state index in [4.69, 9.17) is 5.41 Å². The Morgan fingerprint density at radius 2 is 1.86 bits per heavy atom. The normalized spacial score (nSPS) is 14.2. The highest BCUT2D eigenvalue weighted by Gasteiger charge is 2.18. The van der Waals surface area contributed by atoms with Gasteiger partial charge in [0.25, 0.3) is 0 Å². The molecule has 1 saturated carbocycles. The number of nitrogens with one attached hydrogen (secondary N) is 1. The maximum Gasteiger partial charge on any atom is 0.123 e. The van der Waals surface area contributed by atoms with Crippen LogP contribution in [0.2, 0.25) is 0 Å². The first-order valence-electron chi connectivity index (χ1n) is 5.29. The predicted molar refractivity (Wildman–Crippen MR) is 62.0 cm³/mol. The van der Waals surface area contributed by atoms with Crippen LogP contribution in [0, 0.1) is 5.41 Å². The first kappa shape index (κ1) is 12.9. The molecule has 2 N–H and O–H groups in total. The average molecular weight is 195 g/mol. The van der Waals surface area contributed by atoms with Crippen molar-refractivity contribution in [1.29, 1.82) is 5.41 Å². The lowest BCUT2D eigenvalue weighted by Crippen LogP contribution is -1.88. The molecule has 0 atom stereocenters. The topological polar surface area (TPSA) is 44.1 Å². The van der Waals surface area contributed by atoms with Crippen LogP contribution in [-0.4, -0.2) is 11.3 Å². The van der Waals surface area contributed by atoms with Crippen LogP contribution >= 0.6 is 0 Å². The van der Waals surface area contributed by atoms with Crippen molar-refractivity contribution in [1.82, 2.24) is 0 Å². The van der Waals surface area contributed by atoms with Crippen molar-refractivity contribution < 1.29 is 5.11 Å². The van der Waals surface area contributed by atoms with Crippen molar-refractivity contribution in [3.63, 3.8) is 0 Å². The van der Waals surface area contributed by atoms with Gasteiger partial charge in [0.1, 0.15) is 5.76 Å². The van der Waals surface area contributed by atoms with Gasteiger partial charge in [-0.3, -0.25) is 0 Å². The summed E-state index contributed by atoms with van der Waals surface area (Å²) >= 11 is 0. The molecule has 0 radical (unpaired) electrons. The summed E-state index contributed by atoms with van der Waals surface area (Å²) in [7, 11) is 0. The number of hydrogen-bond acceptors (Lipinski definition) is 2. The minimum absolute atomic E-state index is 0.317. The van der Waals surface area contributed by atoms with Crippen LogP contribution in [0.3, 0.4) is 0 Å². The van der Waals surface area contributed by atoms with Crippen LogP contribution in [0.5, 0.6) is 0 Å². The Balaban J connectivity index is 0.000000364. The van der Waals surface area contributed by atoms with E-state index in [-0.39, 0.29) is 0 Å². The van der Waals surface area contributed by atoms with Crippen LogP contribution in [0.1, 0.15) is 46.5 Å². The number of allylic oxidation sites excluding steroid dienone is 3. The Morgan fingerprint density at radius 3 is 2.07 bits per heavy atom. The molecule has 0 aromatic heterocycles. The average Bonchev–Trinajstić information content (AvgIpc) is 3.03. The van der Waals surface area contributed by atoms with Crippen molar-refractivity contribution in [2.75, 3.05) is 0 Å². The van der Waals surface area contributed by atoms with Gasteiger partial charge in [-0.15, -0.1) is 0 Å². The van der Waals surface area contributed by atoms with Gasteiger partial charge in [-0.05, 0) is 25.3 Å². The number of unbranched alkanes of at least 4 members (excludes halogenated alkanes) is 1. The fourth-order valence-electron chi connectivity index (χ4n) is 0.792. The van der Waals surface area contributed by atoms with Crippen LogP contribution in [0.15, 0.2) is 23.0 Å². The van der Waals surface area contributed by atoms with Crippen molar-refractivity contribution in [2.24, 2.45) is 0 Å². The molecule has 2 nitrogen and oxygen atoms in total. The number of aliphatic hydroxyl groups excluding tert-OH is 1. The molecule has 0 bridgehead atoms. The second-order valence-electron chi connectivity index (χ2n) is 3.34. The zero-order valence-corrected chi connectivity index (χ0v) is 9.43. The largest absolute Gasteiger partial charge is 0.507 e. The Labute approximate surface area is 86.9 Å². The Morgan fingerprint density at radius 1 is 1.36 bits per heavy atom. The van der Waals surface area contributed by atoms with Gasteiger partial charge >= 0.3 is 0 Å². The first-order valence-corrected chi connectivity index (χ1v) is 5.29. The number of rotatable bonds is 3. The van der Waals surface area contributed by atoms with Gasteiger partial charge in [0, 0.05) is 11.8 Å². The third-order valence-corrected chi connectivity index (χ3v) is 2.07. The summed E-state index contributed by atoms with van der Waals surface area (Å²) in [5, 5.41) is 16.2. The van der Waals surface area contributed by atoms with Crippen molar-refractivity contribution >= 4 is 6.21 Å². The molecule has 0 aliphatic heterocycles. The highest BCUT2D eigenvalue weighted by Crippen LogP contribution is 2.32. The molecule has 1 fully saturated rings. The van der Waals surface area contributed by atoms with Gasteiger partial charge in [-0.2, -0.15) is 0 Å². The Hall–Kier alpha value is -1.05. The van der Waals surface area contributed by atoms with Crippen LogP contribution in [0.25, 0.3) is 0 Å². The molecule has 2 heteroatoms. The second kappa shape index (κ2) is 7.36. The van der Waals surface area contributed by atoms with Crippen molar-refractivity contribution in [3.05, 3.63) is 23.0 Å². The molecule has 0 amide bonds. The second-order valence-corrected chi connectivity index (χ2v) is 3.34. The fourth-order valence-corrected chi connectivity index (χ4v) is 0.792. The molecule has 0 aromatic carbocycles. The number of hydrogen-bond donors (Lipinski definition) is 2. The third kappa shape index (κ3) is 4.85. The Bertz CT molecular complexity index is 231. The highest BCUT2D eigenvalue weighted by atomic mass is 16.3. The number of aliphatic hydroxyl groups is 1. The van der Waals surface area contributed by atoms with E-state index < -0.39 is 0 Å². The van der Waals surface area contributed by atoms with E-state index >= 15 is 0 Å². The monoisotopic (exact) mass is 195 g/mol. The molecular formula is C12H21NO. The maximum absolute atomic E-state index is 9.31. The first-order chi connectivity index (χ1) is 6.71. The van der Waals surface area contributed by atoms with Gasteiger partial charge in [0.15, 0.2) is 0 Å². The SMILES string of the molecule is C/C=C(\C=N)C(O)=C1CC1.CCCC. The Kier molecular flexibility index (Phi) is 6.81. The third-order valence-electron chi connectivity index (χ3n) is 2.07. The molecule has 1 rings (SSSR count). The van der Waals surface area contributed by atoms with Gasteiger partial charge in [-0.25, -0.2) is 0 Å². The minimum atomic E-state index is 0.317. The zero-order chi connectivity index (χ0) is 11.0. The lowest BCUT2D eigenvalue weighted by molar-refractivity contribution is 0.425. The van der Waals surface area contributed by atoms with Crippen LogP contribution < -0.4 is 0 Å². The highest BCUT2D eigenvalue weighted by molar-refractivity contribution is 5.81. The van der Waals surface area contributed by atoms with E-state index in [2.05, 4.69) is 13.8 Å². The molecule has 1 aliphatic rings. The molecule has 0 saturated heterocycles. The van der Waals surface area contributed by atoms with Crippen molar-refractivity contribution in [3.8, 4) is 0 Å². The zero-order valence-electron chi connectivity index (χ0n) is 9.43. The molecular weight excluding hydrogens is 174 g/mol. The molecule has 0 heterocycles. The van der Waals surface area contributed by atoms with Gasteiger partial charge in [0.05, 0.1) is 0 Å². The minimum Gasteiger partial charge on any atom is -0.507 e. The molecule has 14 heavy (non-hydrogen) atoms. The van der Waals surface area contributed by atoms with Gasteiger partial charge in [0.2, 0.25) is 0 Å². The van der Waals surface area contributed by atoms with Gasteiger partial charge in [-0.1, -0.05) is 32.8 Å². The summed E-state index contributed by atoms with van der Waals surface area (Å²) in [5.41, 5.74) is 1.71. The van der Waals surface area contributed by atoms with E-state index in [0.717, 1.165) is 18.4 Å². The summed E-state index contributed by atoms with van der Waals surface area (Å²) in [6.45, 7) is 6.18. The summed E-state index contributed by atoms with van der Waals surface area (Å²) in [6.07, 6.45) is 7.56. The predicted octanol–water partition coefficient (Wildman–Crippen LogP) is 3.99. The van der Waals surface area contributed by atoms with Gasteiger partial charge < -0.3 is 10.5 Å². The van der Waals surface area contributed by atoms with Crippen LogP contribution in [-0.2, 0) is 0 Å². The molecule has 80 valence electrons. The van der Waals surface area contributed by atoms with Crippen molar-refractivity contribution in [2.45, 2.75) is 46.5 Å². The molecule has 0 unspecified atom stereocenters. The van der Waals surface area contributed by atoms with E-state index in [1.54, 1.807) is 6.08 Å². The quantitative estimate of drug-likeness (QED) is 0.519. The smallest absolute Gasteiger partial charge is 0.123 e. The van der Waals surface area contributed by atoms with E-state index in [0.29, 0.717) is 11.3 Å². The summed E-state index contributed by atoms with van der Waals surface area (Å²) < 4.78 is 0. The van der Waals surface area contributed by atoms with Crippen LogP contribution in [0.4, 0.5) is 0 Å². The summed E-state index contributed by atoms with van der Waals surface area (Å²) in [6, 6.07) is 0. The van der Waals surface area contributed by atoms with E-state index in [9.17, 15) is 5.11 Å². The van der Waals surface area contributed by atoms with E-state index in [1.165, 1.54) is 19.1 Å². The van der Waals surface area contributed by atoms with E-state index in [1.807, 2.05) is 6.92 Å². The summed E-state index contributed by atoms with van der Waals surface area (Å²) in [5.74, 6) is 0.317. The maximum atomic E-state index is 9.31. The molecule has 1 aliphatic carbocycles. The lowest BCUT2D eigenvalue weighted by atomic mass is 10.2.